The zero-order valence-electron chi connectivity index (χ0n) is 13.1. The number of carbonyl (C=O) groups excluding carboxylic acids is 1. The zero-order chi connectivity index (χ0) is 15.7. The van der Waals surface area contributed by atoms with Crippen LogP contribution in [0.15, 0.2) is 11.2 Å². The summed E-state index contributed by atoms with van der Waals surface area (Å²) in [6.07, 6.45) is 5.00. The summed E-state index contributed by atoms with van der Waals surface area (Å²) in [4.78, 5) is 22.1. The summed E-state index contributed by atoms with van der Waals surface area (Å²) >= 11 is 1.49. The van der Waals surface area contributed by atoms with Gasteiger partial charge in [-0.2, -0.15) is 0 Å². The molecule has 1 amide bonds. The molecule has 0 aliphatic rings. The normalized spacial score (nSPS) is 10.4. The average molecular weight is 311 g/mol. The van der Waals surface area contributed by atoms with E-state index in [0.29, 0.717) is 5.16 Å². The summed E-state index contributed by atoms with van der Waals surface area (Å²) in [6.45, 7) is 6.01. The molecule has 21 heavy (non-hydrogen) atoms. The van der Waals surface area contributed by atoms with Crippen LogP contribution in [0.3, 0.4) is 0 Å². The first-order valence-corrected chi connectivity index (χ1v) is 8.53. The Morgan fingerprint density at radius 1 is 1.38 bits per heavy atom. The van der Waals surface area contributed by atoms with Gasteiger partial charge < -0.3 is 16.0 Å². The Morgan fingerprint density at radius 3 is 2.71 bits per heavy atom. The van der Waals surface area contributed by atoms with E-state index in [4.69, 9.17) is 5.73 Å². The van der Waals surface area contributed by atoms with Crippen molar-refractivity contribution in [2.45, 2.75) is 38.3 Å². The van der Waals surface area contributed by atoms with Gasteiger partial charge in [0.25, 0.3) is 0 Å². The van der Waals surface area contributed by atoms with Crippen LogP contribution in [-0.2, 0) is 4.79 Å². The van der Waals surface area contributed by atoms with Gasteiger partial charge in [-0.25, -0.2) is 9.97 Å². The minimum atomic E-state index is -0.349. The van der Waals surface area contributed by atoms with Gasteiger partial charge in [-0.05, 0) is 19.1 Å². The number of hydrogen-bond donors (Lipinski definition) is 2. The van der Waals surface area contributed by atoms with Crippen LogP contribution in [0.2, 0.25) is 0 Å². The Bertz CT molecular complexity index is 455. The van der Waals surface area contributed by atoms with Crippen molar-refractivity contribution in [3.63, 3.8) is 0 Å². The predicted octanol–water partition coefficient (Wildman–Crippen LogP) is 2.11. The molecule has 0 bridgehead atoms. The Labute approximate surface area is 130 Å². The molecule has 0 atom stereocenters. The molecule has 0 aliphatic heterocycles. The molecular weight excluding hydrogens is 286 g/mol. The average Bonchev–Trinajstić information content (AvgIpc) is 2.48. The molecule has 0 radical (unpaired) electrons. The molecule has 0 unspecified atom stereocenters. The number of aromatic nitrogens is 2. The maximum absolute atomic E-state index is 11.3. The lowest BCUT2D eigenvalue weighted by molar-refractivity contribution is -0.116. The van der Waals surface area contributed by atoms with Crippen LogP contribution < -0.4 is 16.0 Å². The first kappa shape index (κ1) is 17.6. The molecule has 6 nitrogen and oxygen atoms in total. The van der Waals surface area contributed by atoms with E-state index in [1.54, 1.807) is 0 Å². The quantitative estimate of drug-likeness (QED) is 0.508. The van der Waals surface area contributed by atoms with Gasteiger partial charge in [-0.1, -0.05) is 32.0 Å². The first-order valence-electron chi connectivity index (χ1n) is 7.30. The van der Waals surface area contributed by atoms with Crippen LogP contribution >= 0.6 is 11.8 Å². The highest BCUT2D eigenvalue weighted by molar-refractivity contribution is 7.98. The highest BCUT2D eigenvalue weighted by Crippen LogP contribution is 2.20. The molecule has 1 aromatic heterocycles. The fourth-order valence-electron chi connectivity index (χ4n) is 1.82. The lowest BCUT2D eigenvalue weighted by Crippen LogP contribution is -2.35. The summed E-state index contributed by atoms with van der Waals surface area (Å²) < 4.78 is 0. The van der Waals surface area contributed by atoms with Crippen LogP contribution in [0.1, 0.15) is 33.1 Å². The number of nitrogens with two attached hydrogens (primary N) is 1. The second-order valence-corrected chi connectivity index (χ2v) is 5.54. The molecule has 0 aliphatic carbocycles. The highest BCUT2D eigenvalue weighted by atomic mass is 32.2. The number of rotatable bonds is 10. The number of unbranched alkanes of at least 4 members (excludes halogenated alkanes) is 1. The summed E-state index contributed by atoms with van der Waals surface area (Å²) in [5, 5.41) is 3.96. The molecule has 1 aromatic rings. The van der Waals surface area contributed by atoms with Crippen molar-refractivity contribution < 1.29 is 4.79 Å². The monoisotopic (exact) mass is 311 g/mol. The van der Waals surface area contributed by atoms with Crippen molar-refractivity contribution in [1.82, 2.24) is 9.97 Å². The van der Waals surface area contributed by atoms with Crippen LogP contribution in [0, 0.1) is 0 Å². The van der Waals surface area contributed by atoms with Gasteiger partial charge >= 0.3 is 0 Å². The smallest absolute Gasteiger partial charge is 0.236 e. The van der Waals surface area contributed by atoms with Crippen molar-refractivity contribution in [1.29, 1.82) is 0 Å². The number of anilines is 2. The van der Waals surface area contributed by atoms with Gasteiger partial charge in [-0.3, -0.25) is 4.79 Å². The topological polar surface area (TPSA) is 84.1 Å². The third kappa shape index (κ3) is 6.20. The largest absolute Gasteiger partial charge is 0.370 e. The molecule has 1 heterocycles. The number of carbonyl (C=O) groups is 1. The minimum absolute atomic E-state index is 0.179. The van der Waals surface area contributed by atoms with E-state index in [0.717, 1.165) is 44.0 Å². The summed E-state index contributed by atoms with van der Waals surface area (Å²) in [5.74, 6) is 1.19. The third-order valence-electron chi connectivity index (χ3n) is 2.88. The molecule has 7 heteroatoms. The maximum atomic E-state index is 11.3. The van der Waals surface area contributed by atoms with E-state index in [1.165, 1.54) is 11.8 Å². The molecule has 0 fully saturated rings. The van der Waals surface area contributed by atoms with Crippen LogP contribution in [0.5, 0.6) is 0 Å². The van der Waals surface area contributed by atoms with E-state index in [1.807, 2.05) is 17.2 Å². The second-order valence-electron chi connectivity index (χ2n) is 4.77. The number of primary amides is 1. The highest BCUT2D eigenvalue weighted by Gasteiger charge is 2.13. The maximum Gasteiger partial charge on any atom is 0.236 e. The Hall–Kier alpha value is -1.50. The molecule has 118 valence electrons. The minimum Gasteiger partial charge on any atom is -0.370 e. The molecule has 0 spiro atoms. The fraction of sp³-hybridized carbons (Fsp3) is 0.643. The van der Waals surface area contributed by atoms with Crippen LogP contribution in [-0.4, -0.2) is 41.8 Å². The molecule has 0 saturated carbocycles. The standard InChI is InChI=1S/C14H25N5OS/c1-4-6-8-19(10-11(15)20)13-9-12(16-7-5-2)17-14(18-13)21-3/h9H,4-8,10H2,1-3H3,(H2,15,20)(H,16,17,18). The van der Waals surface area contributed by atoms with Gasteiger partial charge in [0.2, 0.25) is 5.91 Å². The van der Waals surface area contributed by atoms with Crippen molar-refractivity contribution >= 4 is 29.3 Å². The van der Waals surface area contributed by atoms with E-state index in [9.17, 15) is 4.79 Å². The first-order chi connectivity index (χ1) is 10.1. The third-order valence-corrected chi connectivity index (χ3v) is 3.43. The van der Waals surface area contributed by atoms with Gasteiger partial charge in [0.15, 0.2) is 5.16 Å². The number of nitrogens with one attached hydrogen (secondary N) is 1. The van der Waals surface area contributed by atoms with E-state index >= 15 is 0 Å². The zero-order valence-corrected chi connectivity index (χ0v) is 13.9. The fourth-order valence-corrected chi connectivity index (χ4v) is 2.20. The summed E-state index contributed by atoms with van der Waals surface area (Å²) in [7, 11) is 0. The Morgan fingerprint density at radius 2 is 2.14 bits per heavy atom. The van der Waals surface area contributed by atoms with E-state index in [-0.39, 0.29) is 12.5 Å². The molecule has 0 saturated heterocycles. The van der Waals surface area contributed by atoms with Crippen LogP contribution in [0.25, 0.3) is 0 Å². The van der Waals surface area contributed by atoms with Crippen molar-refractivity contribution in [2.24, 2.45) is 5.73 Å². The number of nitrogens with zero attached hydrogens (tertiary/aromatic N) is 3. The second kappa shape index (κ2) is 9.44. The van der Waals surface area contributed by atoms with E-state index < -0.39 is 0 Å². The van der Waals surface area contributed by atoms with Crippen LogP contribution in [0.4, 0.5) is 11.6 Å². The SMILES string of the molecule is CCCCN(CC(N)=O)c1cc(NCCC)nc(SC)n1. The predicted molar refractivity (Wildman–Crippen MR) is 88.9 cm³/mol. The lowest BCUT2D eigenvalue weighted by Gasteiger charge is -2.23. The molecule has 1 rings (SSSR count). The van der Waals surface area contributed by atoms with Gasteiger partial charge in [0, 0.05) is 19.2 Å². The number of amides is 1. The van der Waals surface area contributed by atoms with E-state index in [2.05, 4.69) is 29.1 Å². The number of thioether (sulfide) groups is 1. The summed E-state index contributed by atoms with van der Waals surface area (Å²) in [5.41, 5.74) is 5.35. The molecule has 3 N–H and O–H groups in total. The molecular formula is C14H25N5OS. The van der Waals surface area contributed by atoms with Crippen molar-refractivity contribution in [2.75, 3.05) is 36.1 Å². The molecule has 0 aromatic carbocycles. The van der Waals surface area contributed by atoms with Gasteiger partial charge in [-0.15, -0.1) is 0 Å². The summed E-state index contributed by atoms with van der Waals surface area (Å²) in [6, 6.07) is 1.88. The van der Waals surface area contributed by atoms with Crippen molar-refractivity contribution in [3.8, 4) is 0 Å². The Balaban J connectivity index is 3.00. The lowest BCUT2D eigenvalue weighted by atomic mass is 10.3. The van der Waals surface area contributed by atoms with Gasteiger partial charge in [0.05, 0.1) is 6.54 Å². The Kier molecular flexibility index (Phi) is 7.89. The van der Waals surface area contributed by atoms with Crippen molar-refractivity contribution in [3.05, 3.63) is 6.07 Å². The van der Waals surface area contributed by atoms with Gasteiger partial charge in [0.1, 0.15) is 11.6 Å². The number of hydrogen-bond acceptors (Lipinski definition) is 6.